The highest BCUT2D eigenvalue weighted by Gasteiger charge is 2.34. The predicted molar refractivity (Wildman–Crippen MR) is 75.5 cm³/mol. The van der Waals surface area contributed by atoms with Crippen LogP contribution in [0, 0.1) is 5.41 Å². The van der Waals surface area contributed by atoms with Crippen LogP contribution in [0.3, 0.4) is 0 Å². The third-order valence-corrected chi connectivity index (χ3v) is 4.08. The number of carbonyl (C=O) groups is 1. The van der Waals surface area contributed by atoms with E-state index in [1.54, 1.807) is 12.1 Å². The number of phenols is 1. The number of rotatable bonds is 7. The average Bonchev–Trinajstić information content (AvgIpc) is 2.39. The number of carboxylic acids is 1. The van der Waals surface area contributed by atoms with Gasteiger partial charge in [0.2, 0.25) is 0 Å². The van der Waals surface area contributed by atoms with Crippen molar-refractivity contribution in [3.63, 3.8) is 0 Å². The molecule has 1 rings (SSSR count). The summed E-state index contributed by atoms with van der Waals surface area (Å²) in [6, 6.07) is 5.03. The van der Waals surface area contributed by atoms with Gasteiger partial charge in [0, 0.05) is 13.1 Å². The summed E-state index contributed by atoms with van der Waals surface area (Å²) in [7, 11) is 0. The van der Waals surface area contributed by atoms with Crippen molar-refractivity contribution in [1.82, 2.24) is 5.32 Å². The molecule has 0 aliphatic heterocycles. The van der Waals surface area contributed by atoms with Gasteiger partial charge in [0.25, 0.3) is 0 Å². The van der Waals surface area contributed by atoms with Gasteiger partial charge in [-0.2, -0.15) is 0 Å². The minimum absolute atomic E-state index is 0.0384. The molecule has 0 unspecified atom stereocenters. The monoisotopic (exact) mass is 285 g/mol. The zero-order chi connectivity index (χ0) is 14.5. The second-order valence-electron chi connectivity index (χ2n) is 4.65. The fourth-order valence-corrected chi connectivity index (χ4v) is 2.21. The highest BCUT2D eigenvalue weighted by atomic mass is 35.5. The Kier molecular flexibility index (Phi) is 5.63. The fourth-order valence-electron chi connectivity index (χ4n) is 2.02. The van der Waals surface area contributed by atoms with E-state index in [2.05, 4.69) is 5.32 Å². The van der Waals surface area contributed by atoms with Crippen molar-refractivity contribution in [2.24, 2.45) is 5.41 Å². The van der Waals surface area contributed by atoms with Gasteiger partial charge < -0.3 is 15.5 Å². The van der Waals surface area contributed by atoms with E-state index in [1.807, 2.05) is 13.8 Å². The molecule has 1 aromatic carbocycles. The predicted octanol–water partition coefficient (Wildman–Crippen LogP) is 3.03. The van der Waals surface area contributed by atoms with Crippen molar-refractivity contribution in [3.8, 4) is 5.75 Å². The fraction of sp³-hybridized carbons (Fsp3) is 0.500. The molecule has 19 heavy (non-hydrogen) atoms. The largest absolute Gasteiger partial charge is 0.506 e. The van der Waals surface area contributed by atoms with Crippen LogP contribution in [0.2, 0.25) is 5.02 Å². The Bertz CT molecular complexity index is 444. The van der Waals surface area contributed by atoms with E-state index in [1.165, 1.54) is 6.07 Å². The number of aliphatic carboxylic acids is 1. The van der Waals surface area contributed by atoms with Crippen molar-refractivity contribution >= 4 is 17.6 Å². The van der Waals surface area contributed by atoms with E-state index in [0.717, 1.165) is 5.56 Å². The highest BCUT2D eigenvalue weighted by molar-refractivity contribution is 6.32. The Morgan fingerprint density at radius 2 is 2.00 bits per heavy atom. The first-order valence-corrected chi connectivity index (χ1v) is 6.75. The molecule has 4 nitrogen and oxygen atoms in total. The summed E-state index contributed by atoms with van der Waals surface area (Å²) in [5.74, 6) is -0.747. The Balaban J connectivity index is 2.67. The highest BCUT2D eigenvalue weighted by Crippen LogP contribution is 2.28. The Hall–Kier alpha value is -1.26. The molecule has 0 aliphatic rings. The minimum Gasteiger partial charge on any atom is -0.506 e. The van der Waals surface area contributed by atoms with Gasteiger partial charge in [0.05, 0.1) is 10.4 Å². The van der Waals surface area contributed by atoms with Crippen LogP contribution in [0.1, 0.15) is 32.3 Å². The quantitative estimate of drug-likeness (QED) is 0.720. The van der Waals surface area contributed by atoms with Crippen LogP contribution in [0.4, 0.5) is 0 Å². The Labute approximate surface area is 118 Å². The van der Waals surface area contributed by atoms with E-state index >= 15 is 0 Å². The molecule has 0 heterocycles. The van der Waals surface area contributed by atoms with Crippen LogP contribution in [0.15, 0.2) is 18.2 Å². The maximum atomic E-state index is 11.3. The number of halogens is 1. The molecule has 0 spiro atoms. The molecule has 106 valence electrons. The van der Waals surface area contributed by atoms with Crippen LogP contribution in [-0.4, -0.2) is 22.7 Å². The number of hydrogen-bond donors (Lipinski definition) is 3. The van der Waals surface area contributed by atoms with Crippen LogP contribution in [0.25, 0.3) is 0 Å². The normalized spacial score (nSPS) is 11.5. The zero-order valence-electron chi connectivity index (χ0n) is 11.2. The first kappa shape index (κ1) is 15.8. The van der Waals surface area contributed by atoms with Crippen molar-refractivity contribution < 1.29 is 15.0 Å². The van der Waals surface area contributed by atoms with Crippen LogP contribution >= 0.6 is 11.6 Å². The SMILES string of the molecule is CCC(CC)(CNCc1cccc(O)c1Cl)C(=O)O. The topological polar surface area (TPSA) is 69.6 Å². The molecule has 0 bridgehead atoms. The average molecular weight is 286 g/mol. The van der Waals surface area contributed by atoms with Crippen LogP contribution in [0.5, 0.6) is 5.75 Å². The van der Waals surface area contributed by atoms with Gasteiger partial charge in [-0.1, -0.05) is 37.6 Å². The van der Waals surface area contributed by atoms with Gasteiger partial charge in [-0.3, -0.25) is 4.79 Å². The Morgan fingerprint density at radius 1 is 1.37 bits per heavy atom. The molecule has 3 N–H and O–H groups in total. The number of carboxylic acid groups (broad SMARTS) is 1. The van der Waals surface area contributed by atoms with E-state index < -0.39 is 11.4 Å². The number of nitrogens with one attached hydrogen (secondary N) is 1. The molecule has 0 atom stereocenters. The number of phenolic OH excluding ortho intramolecular Hbond substituents is 1. The van der Waals surface area contributed by atoms with Crippen molar-refractivity contribution in [2.75, 3.05) is 6.54 Å². The molecule has 0 aromatic heterocycles. The maximum Gasteiger partial charge on any atom is 0.310 e. The molecule has 0 fully saturated rings. The minimum atomic E-state index is -0.785. The summed E-state index contributed by atoms with van der Waals surface area (Å²) in [4.78, 5) is 11.3. The zero-order valence-corrected chi connectivity index (χ0v) is 12.0. The molecule has 0 saturated carbocycles. The molecule has 0 amide bonds. The Morgan fingerprint density at radius 3 is 2.53 bits per heavy atom. The van der Waals surface area contributed by atoms with Gasteiger partial charge in [-0.25, -0.2) is 0 Å². The third-order valence-electron chi connectivity index (χ3n) is 3.64. The van der Waals surface area contributed by atoms with E-state index in [0.29, 0.717) is 31.0 Å². The van der Waals surface area contributed by atoms with Gasteiger partial charge in [-0.15, -0.1) is 0 Å². The molecule has 1 aromatic rings. The van der Waals surface area contributed by atoms with Crippen molar-refractivity contribution in [3.05, 3.63) is 28.8 Å². The van der Waals surface area contributed by atoms with E-state index in [9.17, 15) is 15.0 Å². The summed E-state index contributed by atoms with van der Waals surface area (Å²) in [6.07, 6.45) is 1.14. The molecule has 0 aliphatic carbocycles. The lowest BCUT2D eigenvalue weighted by Crippen LogP contribution is -2.40. The van der Waals surface area contributed by atoms with E-state index in [4.69, 9.17) is 11.6 Å². The first-order valence-electron chi connectivity index (χ1n) is 6.37. The smallest absolute Gasteiger partial charge is 0.310 e. The van der Waals surface area contributed by atoms with Gasteiger partial charge in [0.1, 0.15) is 5.75 Å². The lowest BCUT2D eigenvalue weighted by molar-refractivity contribution is -0.149. The van der Waals surface area contributed by atoms with Crippen molar-refractivity contribution in [2.45, 2.75) is 33.2 Å². The summed E-state index contributed by atoms with van der Waals surface area (Å²) in [5, 5.41) is 22.2. The standard InChI is InChI=1S/C14H20ClNO3/c1-3-14(4-2,13(18)19)9-16-8-10-6-5-7-11(17)12(10)15/h5-7,16-17H,3-4,8-9H2,1-2H3,(H,18,19). The lowest BCUT2D eigenvalue weighted by Gasteiger charge is -2.27. The van der Waals surface area contributed by atoms with Crippen molar-refractivity contribution in [1.29, 1.82) is 0 Å². The summed E-state index contributed by atoms with van der Waals surface area (Å²) in [6.45, 7) is 4.56. The van der Waals surface area contributed by atoms with Gasteiger partial charge in [0.15, 0.2) is 0 Å². The third kappa shape index (κ3) is 3.61. The summed E-state index contributed by atoms with van der Waals surface area (Å²) >= 11 is 5.97. The van der Waals surface area contributed by atoms with Crippen LogP contribution in [-0.2, 0) is 11.3 Å². The van der Waals surface area contributed by atoms with Crippen LogP contribution < -0.4 is 5.32 Å². The first-order chi connectivity index (χ1) is 8.96. The number of aromatic hydroxyl groups is 1. The maximum absolute atomic E-state index is 11.3. The molecule has 0 saturated heterocycles. The molecular formula is C14H20ClNO3. The number of hydrogen-bond acceptors (Lipinski definition) is 3. The molecule has 5 heteroatoms. The second kappa shape index (κ2) is 6.78. The van der Waals surface area contributed by atoms with E-state index in [-0.39, 0.29) is 5.75 Å². The molecular weight excluding hydrogens is 266 g/mol. The number of benzene rings is 1. The lowest BCUT2D eigenvalue weighted by atomic mass is 9.82. The second-order valence-corrected chi connectivity index (χ2v) is 5.02. The van der Waals surface area contributed by atoms with Gasteiger partial charge >= 0.3 is 5.97 Å². The van der Waals surface area contributed by atoms with Gasteiger partial charge in [-0.05, 0) is 24.5 Å². The summed E-state index contributed by atoms with van der Waals surface area (Å²) in [5.41, 5.74) is 0.0108. The molecule has 0 radical (unpaired) electrons. The summed E-state index contributed by atoms with van der Waals surface area (Å²) < 4.78 is 0.